The molecule has 2 N–H and O–H groups in total. The van der Waals surface area contributed by atoms with Crippen LogP contribution in [0.15, 0.2) is 78.9 Å². The molecule has 0 aliphatic rings. The standard InChI is InChI=1S/2C6H5O.C6H5.In/c2*7-6-4-2-1-3-5-6;1-2-4-6-5-3-1;/h2*2-5,7H;1-5H;. The summed E-state index contributed by atoms with van der Waals surface area (Å²) in [6.45, 7) is 0. The summed E-state index contributed by atoms with van der Waals surface area (Å²) >= 11 is -2.42. The fourth-order valence-corrected chi connectivity index (χ4v) is 10.9. The van der Waals surface area contributed by atoms with Crippen LogP contribution in [0.25, 0.3) is 0 Å². The van der Waals surface area contributed by atoms with E-state index in [4.69, 9.17) is 0 Å². The molecule has 0 fully saturated rings. The first-order chi connectivity index (χ1) is 10.2. The van der Waals surface area contributed by atoms with E-state index >= 15 is 0 Å². The molecule has 0 radical (unpaired) electrons. The molecule has 3 heteroatoms. The molecule has 3 aromatic carbocycles. The van der Waals surface area contributed by atoms with Crippen molar-refractivity contribution in [1.29, 1.82) is 0 Å². The van der Waals surface area contributed by atoms with Gasteiger partial charge in [0.05, 0.1) is 0 Å². The van der Waals surface area contributed by atoms with Crippen LogP contribution in [0.4, 0.5) is 0 Å². The first kappa shape index (κ1) is 14.1. The molecular weight excluding hydrogens is 363 g/mol. The molecule has 3 aromatic rings. The summed E-state index contributed by atoms with van der Waals surface area (Å²) in [6.07, 6.45) is 0. The average molecular weight is 378 g/mol. The van der Waals surface area contributed by atoms with E-state index in [-0.39, 0.29) is 0 Å². The zero-order valence-electron chi connectivity index (χ0n) is 11.5. The number of phenols is 2. The third kappa shape index (κ3) is 3.24. The van der Waals surface area contributed by atoms with Gasteiger partial charge in [-0.2, -0.15) is 0 Å². The molecule has 3 rings (SSSR count). The van der Waals surface area contributed by atoms with Gasteiger partial charge in [0.2, 0.25) is 0 Å². The SMILES string of the molecule is Oc1cc[c]([In]([c]2ccccc2)[c]2ccc(O)cc2)cc1. The number of phenolic OH excluding ortho intramolecular Hbond substituents is 2. The van der Waals surface area contributed by atoms with E-state index < -0.39 is 21.4 Å². The van der Waals surface area contributed by atoms with E-state index in [1.807, 2.05) is 30.3 Å². The molecule has 0 saturated heterocycles. The van der Waals surface area contributed by atoms with Crippen LogP contribution in [0.5, 0.6) is 11.5 Å². The second kappa shape index (κ2) is 6.27. The zero-order chi connectivity index (χ0) is 14.7. The summed E-state index contributed by atoms with van der Waals surface area (Å²) in [5, 5.41) is 19.0. The topological polar surface area (TPSA) is 40.5 Å². The molecule has 0 amide bonds. The van der Waals surface area contributed by atoms with Crippen LogP contribution < -0.4 is 9.96 Å². The van der Waals surface area contributed by atoms with Gasteiger partial charge in [0, 0.05) is 0 Å². The Kier molecular flexibility index (Phi) is 4.20. The van der Waals surface area contributed by atoms with Gasteiger partial charge in [-0.15, -0.1) is 0 Å². The van der Waals surface area contributed by atoms with Crippen molar-refractivity contribution >= 4 is 31.4 Å². The molecule has 0 aliphatic heterocycles. The third-order valence-corrected chi connectivity index (χ3v) is 12.6. The molecule has 102 valence electrons. The first-order valence-electron chi connectivity index (χ1n) is 6.87. The van der Waals surface area contributed by atoms with Gasteiger partial charge in [-0.1, -0.05) is 0 Å². The van der Waals surface area contributed by atoms with Crippen LogP contribution in [0, 0.1) is 0 Å². The normalized spacial score (nSPS) is 10.3. The molecule has 0 aliphatic carbocycles. The Morgan fingerprint density at radius 3 is 1.29 bits per heavy atom. The Balaban J connectivity index is 2.11. The van der Waals surface area contributed by atoms with Crippen molar-refractivity contribution in [2.75, 3.05) is 0 Å². The predicted octanol–water partition coefficient (Wildman–Crippen LogP) is 1.61. The minimum absolute atomic E-state index is 0.294. The maximum atomic E-state index is 9.51. The number of hydrogen-bond acceptors (Lipinski definition) is 2. The monoisotopic (exact) mass is 378 g/mol. The summed E-state index contributed by atoms with van der Waals surface area (Å²) in [7, 11) is 0. The van der Waals surface area contributed by atoms with Gasteiger partial charge in [0.1, 0.15) is 0 Å². The molecule has 0 atom stereocenters. The fraction of sp³-hybridized carbons (Fsp3) is 0. The summed E-state index contributed by atoms with van der Waals surface area (Å²) < 4.78 is 4.01. The minimum atomic E-state index is -2.42. The molecule has 0 heterocycles. The summed E-state index contributed by atoms with van der Waals surface area (Å²) in [5.41, 5.74) is 0. The Morgan fingerprint density at radius 1 is 0.476 bits per heavy atom. The Bertz CT molecular complexity index is 661. The molecule has 21 heavy (non-hydrogen) atoms. The Hall–Kier alpha value is -1.87. The summed E-state index contributed by atoms with van der Waals surface area (Å²) in [6, 6.07) is 25.6. The van der Waals surface area contributed by atoms with Crippen molar-refractivity contribution in [2.24, 2.45) is 0 Å². The van der Waals surface area contributed by atoms with E-state index in [0.29, 0.717) is 11.5 Å². The molecule has 0 saturated carbocycles. The van der Waals surface area contributed by atoms with E-state index in [2.05, 4.69) is 24.3 Å². The fourth-order valence-electron chi connectivity index (χ4n) is 2.56. The van der Waals surface area contributed by atoms with Crippen LogP contribution in [0.1, 0.15) is 0 Å². The Labute approximate surface area is 131 Å². The van der Waals surface area contributed by atoms with E-state index in [0.717, 1.165) is 0 Å². The van der Waals surface area contributed by atoms with Gasteiger partial charge in [-0.05, 0) is 0 Å². The van der Waals surface area contributed by atoms with Gasteiger partial charge in [0.25, 0.3) is 0 Å². The van der Waals surface area contributed by atoms with Gasteiger partial charge in [0.15, 0.2) is 0 Å². The van der Waals surface area contributed by atoms with Gasteiger partial charge in [-0.3, -0.25) is 0 Å². The van der Waals surface area contributed by atoms with Gasteiger partial charge < -0.3 is 0 Å². The average Bonchev–Trinajstić information content (AvgIpc) is 2.52. The van der Waals surface area contributed by atoms with Crippen molar-refractivity contribution in [2.45, 2.75) is 0 Å². The van der Waals surface area contributed by atoms with Gasteiger partial charge >= 0.3 is 132 Å². The van der Waals surface area contributed by atoms with Crippen molar-refractivity contribution < 1.29 is 10.2 Å². The second-order valence-electron chi connectivity index (χ2n) is 5.03. The second-order valence-corrected chi connectivity index (χ2v) is 13.2. The van der Waals surface area contributed by atoms with E-state index in [1.54, 1.807) is 24.3 Å². The van der Waals surface area contributed by atoms with Crippen LogP contribution in [-0.2, 0) is 0 Å². The maximum absolute atomic E-state index is 9.51. The number of hydrogen-bond donors (Lipinski definition) is 2. The van der Waals surface area contributed by atoms with Crippen molar-refractivity contribution in [1.82, 2.24) is 0 Å². The zero-order valence-corrected chi connectivity index (χ0v) is 14.8. The molecule has 0 bridgehead atoms. The molecule has 0 spiro atoms. The predicted molar refractivity (Wildman–Crippen MR) is 87.3 cm³/mol. The van der Waals surface area contributed by atoms with Crippen LogP contribution >= 0.6 is 0 Å². The molecule has 0 aromatic heterocycles. The first-order valence-corrected chi connectivity index (χ1v) is 11.8. The van der Waals surface area contributed by atoms with Crippen LogP contribution in [-0.4, -0.2) is 31.7 Å². The number of rotatable bonds is 3. The quantitative estimate of drug-likeness (QED) is 0.728. The third-order valence-electron chi connectivity index (χ3n) is 3.59. The molecule has 0 unspecified atom stereocenters. The summed E-state index contributed by atoms with van der Waals surface area (Å²) in [5.74, 6) is 0.588. The number of aromatic hydroxyl groups is 2. The molecule has 2 nitrogen and oxygen atoms in total. The van der Waals surface area contributed by atoms with Crippen LogP contribution in [0.3, 0.4) is 0 Å². The van der Waals surface area contributed by atoms with Crippen molar-refractivity contribution in [3.63, 3.8) is 0 Å². The summed E-state index contributed by atoms with van der Waals surface area (Å²) in [4.78, 5) is 0. The van der Waals surface area contributed by atoms with Crippen LogP contribution in [0.2, 0.25) is 0 Å². The van der Waals surface area contributed by atoms with Crippen molar-refractivity contribution in [3.05, 3.63) is 78.9 Å². The van der Waals surface area contributed by atoms with E-state index in [9.17, 15) is 10.2 Å². The Morgan fingerprint density at radius 2 is 0.857 bits per heavy atom. The molecular formula is C18H15InO2. The van der Waals surface area contributed by atoms with E-state index in [1.165, 1.54) is 9.96 Å². The van der Waals surface area contributed by atoms with Crippen molar-refractivity contribution in [3.8, 4) is 11.5 Å². The number of benzene rings is 3. The van der Waals surface area contributed by atoms with Gasteiger partial charge in [-0.25, -0.2) is 0 Å².